The van der Waals surface area contributed by atoms with E-state index in [1.54, 1.807) is 6.07 Å². The first-order valence-electron chi connectivity index (χ1n) is 7.10. The van der Waals surface area contributed by atoms with Crippen molar-refractivity contribution in [3.05, 3.63) is 36.0 Å². The molecule has 0 saturated heterocycles. The van der Waals surface area contributed by atoms with Crippen molar-refractivity contribution in [1.82, 2.24) is 9.88 Å². The molecule has 1 heterocycles. The Morgan fingerprint density at radius 3 is 2.85 bits per heavy atom. The summed E-state index contributed by atoms with van der Waals surface area (Å²) in [5.74, 6) is 0.0638. The summed E-state index contributed by atoms with van der Waals surface area (Å²) in [6.45, 7) is 0.334. The average molecular weight is 270 g/mol. The average Bonchev–Trinajstić information content (AvgIpc) is 3.08. The van der Waals surface area contributed by atoms with Crippen molar-refractivity contribution in [3.8, 4) is 0 Å². The number of rotatable bonds is 4. The van der Waals surface area contributed by atoms with Crippen molar-refractivity contribution in [2.75, 3.05) is 0 Å². The molecule has 0 unspecified atom stereocenters. The molecule has 2 aromatic rings. The van der Waals surface area contributed by atoms with Crippen LogP contribution in [-0.4, -0.2) is 22.8 Å². The molecule has 1 aliphatic rings. The van der Waals surface area contributed by atoms with Gasteiger partial charge >= 0.3 is 0 Å². The fraction of sp³-hybridized carbons (Fsp3) is 0.375. The molecular formula is C16H18N2O2. The lowest BCUT2D eigenvalue weighted by Crippen LogP contribution is -2.35. The van der Waals surface area contributed by atoms with Gasteiger partial charge in [0.25, 0.3) is 0 Å². The van der Waals surface area contributed by atoms with Gasteiger partial charge in [-0.1, -0.05) is 12.8 Å². The molecule has 0 radical (unpaired) electrons. The second kappa shape index (κ2) is 5.49. The minimum Gasteiger partial charge on any atom is -0.352 e. The van der Waals surface area contributed by atoms with Crippen molar-refractivity contribution < 1.29 is 9.59 Å². The van der Waals surface area contributed by atoms with Gasteiger partial charge in [0.15, 0.2) is 0 Å². The summed E-state index contributed by atoms with van der Waals surface area (Å²) in [7, 11) is 0. The molecule has 1 aromatic heterocycles. The maximum atomic E-state index is 12.0. The van der Waals surface area contributed by atoms with E-state index in [1.807, 2.05) is 29.0 Å². The van der Waals surface area contributed by atoms with Crippen LogP contribution in [0, 0.1) is 0 Å². The fourth-order valence-corrected chi connectivity index (χ4v) is 2.93. The number of nitrogens with zero attached hydrogens (tertiary/aromatic N) is 1. The molecule has 0 atom stereocenters. The minimum atomic E-state index is 0.0638. The highest BCUT2D eigenvalue weighted by molar-refractivity contribution is 5.88. The van der Waals surface area contributed by atoms with Gasteiger partial charge < -0.3 is 9.88 Å². The second-order valence-corrected chi connectivity index (χ2v) is 5.43. The monoisotopic (exact) mass is 270 g/mol. The summed E-state index contributed by atoms with van der Waals surface area (Å²) in [4.78, 5) is 22.8. The van der Waals surface area contributed by atoms with Crippen molar-refractivity contribution in [2.24, 2.45) is 0 Å². The third-order valence-electron chi connectivity index (χ3n) is 3.97. The summed E-state index contributed by atoms with van der Waals surface area (Å²) in [5.41, 5.74) is 1.64. The van der Waals surface area contributed by atoms with Gasteiger partial charge in [0.2, 0.25) is 5.91 Å². The number of amides is 1. The molecule has 4 heteroatoms. The van der Waals surface area contributed by atoms with E-state index in [-0.39, 0.29) is 5.91 Å². The molecule has 0 aliphatic heterocycles. The van der Waals surface area contributed by atoms with E-state index in [2.05, 4.69) is 5.32 Å². The third kappa shape index (κ3) is 2.59. The number of carbonyl (C=O) groups is 2. The van der Waals surface area contributed by atoms with Crippen molar-refractivity contribution >= 4 is 23.1 Å². The highest BCUT2D eigenvalue weighted by atomic mass is 16.2. The van der Waals surface area contributed by atoms with Gasteiger partial charge in [0.1, 0.15) is 12.8 Å². The molecule has 1 amide bonds. The summed E-state index contributed by atoms with van der Waals surface area (Å²) in [5, 5.41) is 4.08. The van der Waals surface area contributed by atoms with Gasteiger partial charge in [-0.2, -0.15) is 0 Å². The minimum absolute atomic E-state index is 0.0638. The highest BCUT2D eigenvalue weighted by Crippen LogP contribution is 2.19. The lowest BCUT2D eigenvalue weighted by Gasteiger charge is -2.12. The van der Waals surface area contributed by atoms with Gasteiger partial charge in [0.05, 0.1) is 0 Å². The molecule has 4 nitrogen and oxygen atoms in total. The van der Waals surface area contributed by atoms with Gasteiger partial charge in [-0.15, -0.1) is 0 Å². The maximum absolute atomic E-state index is 12.0. The highest BCUT2D eigenvalue weighted by Gasteiger charge is 2.17. The number of hydrogen-bond acceptors (Lipinski definition) is 2. The predicted octanol–water partition coefficient (Wildman–Crippen LogP) is 2.51. The lowest BCUT2D eigenvalue weighted by molar-refractivity contribution is -0.122. The van der Waals surface area contributed by atoms with E-state index >= 15 is 0 Å². The van der Waals surface area contributed by atoms with E-state index in [0.29, 0.717) is 18.2 Å². The van der Waals surface area contributed by atoms with E-state index in [9.17, 15) is 9.59 Å². The topological polar surface area (TPSA) is 51.1 Å². The number of aldehydes is 1. The molecule has 1 saturated carbocycles. The van der Waals surface area contributed by atoms with Crippen molar-refractivity contribution in [1.29, 1.82) is 0 Å². The van der Waals surface area contributed by atoms with Crippen LogP contribution in [0.15, 0.2) is 30.5 Å². The Labute approximate surface area is 117 Å². The third-order valence-corrected chi connectivity index (χ3v) is 3.97. The van der Waals surface area contributed by atoms with Gasteiger partial charge in [-0.05, 0) is 37.1 Å². The maximum Gasteiger partial charge on any atom is 0.240 e. The molecule has 1 aromatic carbocycles. The summed E-state index contributed by atoms with van der Waals surface area (Å²) < 4.78 is 1.92. The van der Waals surface area contributed by atoms with Crippen LogP contribution < -0.4 is 5.32 Å². The number of benzene rings is 1. The fourth-order valence-electron chi connectivity index (χ4n) is 2.93. The van der Waals surface area contributed by atoms with Crippen LogP contribution in [0.25, 0.3) is 10.9 Å². The van der Waals surface area contributed by atoms with E-state index in [1.165, 1.54) is 12.8 Å². The first kappa shape index (κ1) is 12.9. The number of nitrogens with one attached hydrogen (secondary N) is 1. The smallest absolute Gasteiger partial charge is 0.240 e. The van der Waals surface area contributed by atoms with E-state index in [4.69, 9.17) is 0 Å². The van der Waals surface area contributed by atoms with Crippen molar-refractivity contribution in [3.63, 3.8) is 0 Å². The molecule has 0 bridgehead atoms. The molecule has 1 N–H and O–H groups in total. The number of aromatic nitrogens is 1. The summed E-state index contributed by atoms with van der Waals surface area (Å²) >= 11 is 0. The lowest BCUT2D eigenvalue weighted by atomic mass is 10.2. The molecule has 104 valence electrons. The van der Waals surface area contributed by atoms with Crippen LogP contribution >= 0.6 is 0 Å². The van der Waals surface area contributed by atoms with Crippen LogP contribution in [0.2, 0.25) is 0 Å². The van der Waals surface area contributed by atoms with Crippen LogP contribution in [0.1, 0.15) is 36.0 Å². The normalized spacial score (nSPS) is 15.6. The first-order valence-corrected chi connectivity index (χ1v) is 7.10. The summed E-state index contributed by atoms with van der Waals surface area (Å²) in [6.07, 6.45) is 7.36. The predicted molar refractivity (Wildman–Crippen MR) is 77.7 cm³/mol. The number of hydrogen-bond donors (Lipinski definition) is 1. The zero-order valence-corrected chi connectivity index (χ0v) is 11.3. The van der Waals surface area contributed by atoms with Gasteiger partial charge in [-0.3, -0.25) is 9.59 Å². The van der Waals surface area contributed by atoms with Gasteiger partial charge in [-0.25, -0.2) is 0 Å². The molecule has 0 spiro atoms. The number of carbonyl (C=O) groups excluding carboxylic acids is 2. The van der Waals surface area contributed by atoms with Crippen molar-refractivity contribution in [2.45, 2.75) is 38.3 Å². The SMILES string of the molecule is O=Cc1ccc2c(ccn2CC(=O)NC2CCCC2)c1. The first-order chi connectivity index (χ1) is 9.76. The van der Waals surface area contributed by atoms with E-state index in [0.717, 1.165) is 30.0 Å². The molecule has 20 heavy (non-hydrogen) atoms. The number of fused-ring (bicyclic) bond motifs is 1. The van der Waals surface area contributed by atoms with Crippen LogP contribution in [-0.2, 0) is 11.3 Å². The zero-order chi connectivity index (χ0) is 13.9. The van der Waals surface area contributed by atoms with Crippen LogP contribution in [0.4, 0.5) is 0 Å². The van der Waals surface area contributed by atoms with E-state index < -0.39 is 0 Å². The Morgan fingerprint density at radius 1 is 1.30 bits per heavy atom. The Bertz CT molecular complexity index is 639. The Hall–Kier alpha value is -2.10. The molecule has 1 aliphatic carbocycles. The summed E-state index contributed by atoms with van der Waals surface area (Å²) in [6, 6.07) is 7.80. The second-order valence-electron chi connectivity index (χ2n) is 5.43. The van der Waals surface area contributed by atoms with Crippen LogP contribution in [0.3, 0.4) is 0 Å². The molecule has 1 fully saturated rings. The molecular weight excluding hydrogens is 252 g/mol. The largest absolute Gasteiger partial charge is 0.352 e. The Morgan fingerprint density at radius 2 is 2.10 bits per heavy atom. The van der Waals surface area contributed by atoms with Gasteiger partial charge in [0, 0.05) is 28.7 Å². The van der Waals surface area contributed by atoms with Crippen LogP contribution in [0.5, 0.6) is 0 Å². The molecule has 3 rings (SSSR count). The quantitative estimate of drug-likeness (QED) is 0.868. The zero-order valence-electron chi connectivity index (χ0n) is 11.3. The Kier molecular flexibility index (Phi) is 3.54. The Balaban J connectivity index is 1.73. The standard InChI is InChI=1S/C16H18N2O2/c19-11-12-5-6-15-13(9-12)7-8-18(15)10-16(20)17-14-3-1-2-4-14/h5-9,11,14H,1-4,10H2,(H,17,20).